The minimum atomic E-state index is -3.74. The molecule has 1 aromatic carbocycles. The minimum Gasteiger partial charge on any atom is -0.458 e. The Balaban J connectivity index is 2.26. The number of nitrogens with one attached hydrogen (secondary N) is 1. The van der Waals surface area contributed by atoms with Gasteiger partial charge in [0.15, 0.2) is 6.10 Å². The van der Waals surface area contributed by atoms with Gasteiger partial charge in [-0.3, -0.25) is 9.55 Å². The molecule has 0 saturated carbocycles. The maximum absolute atomic E-state index is 14.0. The van der Waals surface area contributed by atoms with E-state index < -0.39 is 19.0 Å². The maximum Gasteiger partial charge on any atom is 0.364 e. The number of benzene rings is 1. The third kappa shape index (κ3) is 3.16. The highest BCUT2D eigenvalue weighted by atomic mass is 32.1. The fourth-order valence-corrected chi connectivity index (χ4v) is 5.79. The van der Waals surface area contributed by atoms with Crippen molar-refractivity contribution in [2.45, 2.75) is 25.2 Å². The van der Waals surface area contributed by atoms with Gasteiger partial charge in [0.05, 0.1) is 18.9 Å². The van der Waals surface area contributed by atoms with E-state index in [0.29, 0.717) is 11.3 Å². The number of thiocarbonyl (C=S) groups is 1. The Morgan fingerprint density at radius 1 is 1.15 bits per heavy atom. The molecule has 0 amide bonds. The van der Waals surface area contributed by atoms with Gasteiger partial charge in [-0.15, -0.1) is 0 Å². The van der Waals surface area contributed by atoms with Crippen LogP contribution >= 0.6 is 19.8 Å². The van der Waals surface area contributed by atoms with E-state index in [1.807, 2.05) is 36.4 Å². The fourth-order valence-electron chi connectivity index (χ4n) is 3.12. The molecule has 2 heterocycles. The lowest BCUT2D eigenvalue weighted by atomic mass is 9.98. The van der Waals surface area contributed by atoms with Crippen molar-refractivity contribution in [3.8, 4) is 0 Å². The van der Waals surface area contributed by atoms with Crippen LogP contribution in [0.25, 0.3) is 0 Å². The summed E-state index contributed by atoms with van der Waals surface area (Å²) >= 11 is 5.29. The lowest BCUT2D eigenvalue weighted by Crippen LogP contribution is -2.43. The Morgan fingerprint density at radius 3 is 2.38 bits per heavy atom. The predicted molar refractivity (Wildman–Crippen MR) is 103 cm³/mol. The summed E-state index contributed by atoms with van der Waals surface area (Å²) in [7, 11) is -3.74. The normalized spacial score (nSPS) is 22.7. The number of hydrogen-bond acceptors (Lipinski definition) is 6. The van der Waals surface area contributed by atoms with Gasteiger partial charge < -0.3 is 19.1 Å². The van der Waals surface area contributed by atoms with Crippen LogP contribution < -0.4 is 5.32 Å². The third-order valence-corrected chi connectivity index (χ3v) is 6.96. The quantitative estimate of drug-likeness (QED) is 0.561. The predicted octanol–water partition coefficient (Wildman–Crippen LogP) is 4.15. The monoisotopic (exact) mass is 392 g/mol. The SMILES string of the molecule is CCOP(=O)(OCC)[C@@]1(c2ccccc2)NC(=S)O[C@@H]1c1ccccn1. The van der Waals surface area contributed by atoms with E-state index >= 15 is 0 Å². The van der Waals surface area contributed by atoms with E-state index in [1.165, 1.54) is 0 Å². The Bertz CT molecular complexity index is 795. The molecule has 26 heavy (non-hydrogen) atoms. The van der Waals surface area contributed by atoms with Gasteiger partial charge in [0, 0.05) is 6.20 Å². The largest absolute Gasteiger partial charge is 0.458 e. The molecule has 138 valence electrons. The molecule has 1 aliphatic rings. The van der Waals surface area contributed by atoms with Crippen LogP contribution in [0.3, 0.4) is 0 Å². The summed E-state index contributed by atoms with van der Waals surface area (Å²) in [6.45, 7) is 3.98. The molecule has 3 rings (SSSR count). The van der Waals surface area contributed by atoms with Crippen molar-refractivity contribution in [2.75, 3.05) is 13.2 Å². The van der Waals surface area contributed by atoms with Gasteiger partial charge in [0.25, 0.3) is 5.17 Å². The van der Waals surface area contributed by atoms with E-state index in [4.69, 9.17) is 26.0 Å². The second kappa shape index (κ2) is 7.84. The molecule has 1 aliphatic heterocycles. The smallest absolute Gasteiger partial charge is 0.364 e. The molecule has 1 N–H and O–H groups in total. The number of nitrogens with zero attached hydrogens (tertiary/aromatic N) is 1. The molecule has 1 fully saturated rings. The second-order valence-corrected chi connectivity index (χ2v) is 8.22. The minimum absolute atomic E-state index is 0.129. The summed E-state index contributed by atoms with van der Waals surface area (Å²) < 4.78 is 31.3. The van der Waals surface area contributed by atoms with E-state index in [0.717, 1.165) is 0 Å². The van der Waals surface area contributed by atoms with Gasteiger partial charge in [0.1, 0.15) is 0 Å². The average Bonchev–Trinajstić information content (AvgIpc) is 3.03. The molecule has 0 bridgehead atoms. The van der Waals surface area contributed by atoms with Crippen LogP contribution in [0.15, 0.2) is 54.7 Å². The summed E-state index contributed by atoms with van der Waals surface area (Å²) in [4.78, 5) is 4.39. The Morgan fingerprint density at radius 2 is 1.81 bits per heavy atom. The summed E-state index contributed by atoms with van der Waals surface area (Å²) in [5.41, 5.74) is 1.28. The molecule has 0 radical (unpaired) electrons. The number of ether oxygens (including phenoxy) is 1. The maximum atomic E-state index is 14.0. The third-order valence-electron chi connectivity index (χ3n) is 4.10. The van der Waals surface area contributed by atoms with Crippen LogP contribution in [0.5, 0.6) is 0 Å². The second-order valence-electron chi connectivity index (χ2n) is 5.63. The van der Waals surface area contributed by atoms with Crippen molar-refractivity contribution in [3.05, 3.63) is 66.0 Å². The van der Waals surface area contributed by atoms with Gasteiger partial charge in [-0.2, -0.15) is 0 Å². The standard InChI is InChI=1S/C18H21N2O4PS/c1-3-22-25(21,23-4-2)18(14-10-6-5-7-11-14)16(24-17(26)20-18)15-12-8-9-13-19-15/h5-13,16H,3-4H2,1-2H3,(H,20,26)/t16-,18-/m1/s1. The van der Waals surface area contributed by atoms with Crippen LogP contribution in [0.4, 0.5) is 0 Å². The van der Waals surface area contributed by atoms with E-state index in [2.05, 4.69) is 10.3 Å². The van der Waals surface area contributed by atoms with Crippen LogP contribution in [-0.2, 0) is 23.6 Å². The van der Waals surface area contributed by atoms with Crippen molar-refractivity contribution in [3.63, 3.8) is 0 Å². The zero-order valence-corrected chi connectivity index (χ0v) is 16.3. The highest BCUT2D eigenvalue weighted by Crippen LogP contribution is 2.70. The molecular formula is C18H21N2O4PS. The molecule has 0 spiro atoms. The van der Waals surface area contributed by atoms with Gasteiger partial charge in [-0.25, -0.2) is 0 Å². The lowest BCUT2D eigenvalue weighted by molar-refractivity contribution is 0.133. The fraction of sp³-hybridized carbons (Fsp3) is 0.333. The first kappa shape index (κ1) is 19.0. The number of rotatable bonds is 7. The number of aromatic nitrogens is 1. The first-order valence-corrected chi connectivity index (χ1v) is 10.4. The summed E-state index contributed by atoms with van der Waals surface area (Å²) in [5.74, 6) is 0. The van der Waals surface area contributed by atoms with Gasteiger partial charge in [0.2, 0.25) is 5.28 Å². The zero-order chi connectivity index (χ0) is 18.6. The first-order valence-electron chi connectivity index (χ1n) is 8.42. The molecule has 8 heteroatoms. The van der Waals surface area contributed by atoms with Crippen LogP contribution in [-0.4, -0.2) is 23.4 Å². The molecule has 0 unspecified atom stereocenters. The molecular weight excluding hydrogens is 371 g/mol. The summed E-state index contributed by atoms with van der Waals surface area (Å²) in [6, 6.07) is 14.8. The van der Waals surface area contributed by atoms with Crippen LogP contribution in [0, 0.1) is 0 Å². The Labute approximate surface area is 158 Å². The molecule has 2 aromatic rings. The van der Waals surface area contributed by atoms with Crippen molar-refractivity contribution >= 4 is 25.0 Å². The van der Waals surface area contributed by atoms with E-state index in [-0.39, 0.29) is 18.4 Å². The Hall–Kier alpha value is -1.79. The molecule has 1 saturated heterocycles. The molecule has 0 aliphatic carbocycles. The molecule has 6 nitrogen and oxygen atoms in total. The molecule has 1 aromatic heterocycles. The topological polar surface area (TPSA) is 69.7 Å². The van der Waals surface area contributed by atoms with E-state index in [9.17, 15) is 4.57 Å². The average molecular weight is 392 g/mol. The molecule has 2 atom stereocenters. The van der Waals surface area contributed by atoms with Crippen LogP contribution in [0.1, 0.15) is 31.2 Å². The number of hydrogen-bond donors (Lipinski definition) is 1. The highest BCUT2D eigenvalue weighted by Gasteiger charge is 2.64. The summed E-state index contributed by atoms with van der Waals surface area (Å²) in [6.07, 6.45) is 0.893. The highest BCUT2D eigenvalue weighted by molar-refractivity contribution is 7.80. The zero-order valence-electron chi connectivity index (χ0n) is 14.6. The van der Waals surface area contributed by atoms with Gasteiger partial charge in [-0.1, -0.05) is 36.4 Å². The van der Waals surface area contributed by atoms with Crippen molar-refractivity contribution in [2.24, 2.45) is 0 Å². The van der Waals surface area contributed by atoms with Gasteiger partial charge >= 0.3 is 7.60 Å². The van der Waals surface area contributed by atoms with Gasteiger partial charge in [-0.05, 0) is 43.8 Å². The van der Waals surface area contributed by atoms with Crippen LogP contribution in [0.2, 0.25) is 0 Å². The summed E-state index contributed by atoms with van der Waals surface area (Å²) in [5, 5.41) is 1.90. The van der Waals surface area contributed by atoms with Crippen molar-refractivity contribution in [1.82, 2.24) is 10.3 Å². The lowest BCUT2D eigenvalue weighted by Gasteiger charge is -2.38. The van der Waals surface area contributed by atoms with Crippen molar-refractivity contribution < 1.29 is 18.3 Å². The van der Waals surface area contributed by atoms with E-state index in [1.54, 1.807) is 32.2 Å². The number of pyridine rings is 1. The van der Waals surface area contributed by atoms with Crippen molar-refractivity contribution in [1.29, 1.82) is 0 Å². The Kier molecular flexibility index (Phi) is 5.73. The first-order chi connectivity index (χ1) is 12.6.